The number of sulfonamides is 1. The number of hydrogen-bond donors (Lipinski definition) is 2. The van der Waals surface area contributed by atoms with Crippen LogP contribution in [0.15, 0.2) is 12.3 Å². The van der Waals surface area contributed by atoms with Crippen LogP contribution in [0.4, 0.5) is 0 Å². The number of amides is 1. The summed E-state index contributed by atoms with van der Waals surface area (Å²) in [6.07, 6.45) is 1.89. The van der Waals surface area contributed by atoms with Crippen LogP contribution in [-0.4, -0.2) is 31.2 Å². The summed E-state index contributed by atoms with van der Waals surface area (Å²) >= 11 is 5.73. The van der Waals surface area contributed by atoms with Gasteiger partial charge in [-0.3, -0.25) is 4.79 Å². The number of nitrogens with two attached hydrogens (primary N) is 1. The SMILES string of the molecule is Cn1cc(Cl)cc1C(=O)NCCCS(N)(=O)=O. The third-order valence-electron chi connectivity index (χ3n) is 2.10. The second kappa shape index (κ2) is 5.52. The number of carbonyl (C=O) groups is 1. The van der Waals surface area contributed by atoms with Gasteiger partial charge in [0.05, 0.1) is 10.8 Å². The molecule has 0 bridgehead atoms. The molecule has 0 saturated heterocycles. The molecular formula is C9H14ClN3O3S. The van der Waals surface area contributed by atoms with Gasteiger partial charge in [-0.2, -0.15) is 0 Å². The first kappa shape index (κ1) is 14.0. The van der Waals surface area contributed by atoms with E-state index in [2.05, 4.69) is 5.32 Å². The van der Waals surface area contributed by atoms with Crippen LogP contribution in [0.2, 0.25) is 5.02 Å². The van der Waals surface area contributed by atoms with Gasteiger partial charge in [0.1, 0.15) is 5.69 Å². The number of carbonyl (C=O) groups excluding carboxylic acids is 1. The molecule has 0 atom stereocenters. The average Bonchev–Trinajstić information content (AvgIpc) is 2.51. The molecule has 0 unspecified atom stereocenters. The molecule has 8 heteroatoms. The first-order valence-electron chi connectivity index (χ1n) is 4.90. The van der Waals surface area contributed by atoms with Gasteiger partial charge in [-0.1, -0.05) is 11.6 Å². The lowest BCUT2D eigenvalue weighted by atomic mass is 10.4. The minimum atomic E-state index is -3.47. The molecule has 1 rings (SSSR count). The standard InChI is InChI=1S/C9H14ClN3O3S/c1-13-6-7(10)5-8(13)9(14)12-3-2-4-17(11,15)16/h5-6H,2-4H2,1H3,(H,12,14)(H2,11,15,16). The molecule has 17 heavy (non-hydrogen) atoms. The summed E-state index contributed by atoms with van der Waals surface area (Å²) < 4.78 is 22.9. The van der Waals surface area contributed by atoms with Gasteiger partial charge < -0.3 is 9.88 Å². The minimum Gasteiger partial charge on any atom is -0.351 e. The van der Waals surface area contributed by atoms with Crippen LogP contribution in [0.5, 0.6) is 0 Å². The van der Waals surface area contributed by atoms with Crippen LogP contribution in [0.25, 0.3) is 0 Å². The van der Waals surface area contributed by atoms with Crippen LogP contribution in [0.3, 0.4) is 0 Å². The zero-order valence-corrected chi connectivity index (χ0v) is 10.9. The largest absolute Gasteiger partial charge is 0.351 e. The molecule has 1 amide bonds. The van der Waals surface area contributed by atoms with Gasteiger partial charge in [0, 0.05) is 19.8 Å². The maximum Gasteiger partial charge on any atom is 0.267 e. The van der Waals surface area contributed by atoms with Gasteiger partial charge in [0.15, 0.2) is 0 Å². The van der Waals surface area contributed by atoms with Crippen LogP contribution in [-0.2, 0) is 17.1 Å². The second-order valence-corrected chi connectivity index (χ2v) is 5.80. The predicted octanol–water partition coefficient (Wildman–Crippen LogP) is 0.0869. The summed E-state index contributed by atoms with van der Waals surface area (Å²) in [4.78, 5) is 11.6. The number of hydrogen-bond acceptors (Lipinski definition) is 3. The van der Waals surface area contributed by atoms with Gasteiger partial charge in [-0.15, -0.1) is 0 Å². The number of aromatic nitrogens is 1. The van der Waals surface area contributed by atoms with Gasteiger partial charge >= 0.3 is 0 Å². The van der Waals surface area contributed by atoms with Gasteiger partial charge in [-0.25, -0.2) is 13.6 Å². The van der Waals surface area contributed by atoms with E-state index in [-0.39, 0.29) is 24.6 Å². The molecule has 0 aliphatic carbocycles. The fourth-order valence-corrected chi connectivity index (χ4v) is 2.11. The Labute approximate surface area is 105 Å². The summed E-state index contributed by atoms with van der Waals surface area (Å²) in [5.41, 5.74) is 0.422. The van der Waals surface area contributed by atoms with E-state index < -0.39 is 10.0 Å². The monoisotopic (exact) mass is 279 g/mol. The summed E-state index contributed by atoms with van der Waals surface area (Å²) in [5.74, 6) is -0.449. The summed E-state index contributed by atoms with van der Waals surface area (Å²) in [6, 6.07) is 1.54. The average molecular weight is 280 g/mol. The van der Waals surface area contributed by atoms with E-state index in [1.54, 1.807) is 17.8 Å². The first-order valence-corrected chi connectivity index (χ1v) is 6.99. The summed E-state index contributed by atoms with van der Waals surface area (Å²) in [5, 5.41) is 7.89. The lowest BCUT2D eigenvalue weighted by Gasteiger charge is -2.05. The number of primary sulfonamides is 1. The number of aryl methyl sites for hydroxylation is 1. The maximum absolute atomic E-state index is 11.6. The second-order valence-electron chi connectivity index (χ2n) is 3.63. The Morgan fingerprint density at radius 3 is 2.71 bits per heavy atom. The Bertz CT molecular complexity index is 510. The fourth-order valence-electron chi connectivity index (χ4n) is 1.32. The number of nitrogens with one attached hydrogen (secondary N) is 1. The van der Waals surface area contributed by atoms with Gasteiger partial charge in [0.2, 0.25) is 10.0 Å². The smallest absolute Gasteiger partial charge is 0.267 e. The van der Waals surface area contributed by atoms with Crippen molar-refractivity contribution in [1.82, 2.24) is 9.88 Å². The number of rotatable bonds is 5. The zero-order valence-electron chi connectivity index (χ0n) is 9.31. The fraction of sp³-hybridized carbons (Fsp3) is 0.444. The molecular weight excluding hydrogens is 266 g/mol. The molecule has 0 saturated carbocycles. The highest BCUT2D eigenvalue weighted by Gasteiger charge is 2.10. The highest BCUT2D eigenvalue weighted by molar-refractivity contribution is 7.89. The van der Waals surface area contributed by atoms with Crippen LogP contribution in [0, 0.1) is 0 Å². The van der Waals surface area contributed by atoms with Crippen molar-refractivity contribution in [2.45, 2.75) is 6.42 Å². The van der Waals surface area contributed by atoms with Crippen molar-refractivity contribution in [3.05, 3.63) is 23.0 Å². The molecule has 6 nitrogen and oxygen atoms in total. The van der Waals surface area contributed by atoms with Crippen molar-refractivity contribution < 1.29 is 13.2 Å². The molecule has 96 valence electrons. The maximum atomic E-state index is 11.6. The molecule has 0 aromatic carbocycles. The van der Waals surface area contributed by atoms with Crippen molar-refractivity contribution in [3.63, 3.8) is 0 Å². The quantitative estimate of drug-likeness (QED) is 0.748. The van der Waals surface area contributed by atoms with E-state index >= 15 is 0 Å². The molecule has 0 fully saturated rings. The molecule has 0 radical (unpaired) electrons. The molecule has 3 N–H and O–H groups in total. The van der Waals surface area contributed by atoms with E-state index in [1.807, 2.05) is 0 Å². The lowest BCUT2D eigenvalue weighted by Crippen LogP contribution is -2.28. The highest BCUT2D eigenvalue weighted by Crippen LogP contribution is 2.12. The van der Waals surface area contributed by atoms with E-state index in [4.69, 9.17) is 16.7 Å². The van der Waals surface area contributed by atoms with Crippen molar-refractivity contribution in [3.8, 4) is 0 Å². The molecule has 0 aliphatic heterocycles. The van der Waals surface area contributed by atoms with E-state index in [1.165, 1.54) is 6.07 Å². The normalized spacial score (nSPS) is 11.5. The molecule has 0 spiro atoms. The van der Waals surface area contributed by atoms with Crippen LogP contribution < -0.4 is 10.5 Å². The van der Waals surface area contributed by atoms with Crippen LogP contribution in [0.1, 0.15) is 16.9 Å². The zero-order chi connectivity index (χ0) is 13.1. The van der Waals surface area contributed by atoms with Gasteiger partial charge in [0.25, 0.3) is 5.91 Å². The predicted molar refractivity (Wildman–Crippen MR) is 65.3 cm³/mol. The Morgan fingerprint density at radius 1 is 1.59 bits per heavy atom. The molecule has 0 aliphatic rings. The summed E-state index contributed by atoms with van der Waals surface area (Å²) in [7, 11) is -1.77. The number of halogens is 1. The Hall–Kier alpha value is -1.05. The Morgan fingerprint density at radius 2 is 2.24 bits per heavy atom. The van der Waals surface area contributed by atoms with E-state index in [0.29, 0.717) is 10.7 Å². The Balaban J connectivity index is 2.43. The van der Waals surface area contributed by atoms with Crippen LogP contribution >= 0.6 is 11.6 Å². The Kier molecular flexibility index (Phi) is 4.55. The number of nitrogens with zero attached hydrogens (tertiary/aromatic N) is 1. The third-order valence-corrected chi connectivity index (χ3v) is 3.16. The minimum absolute atomic E-state index is 0.152. The van der Waals surface area contributed by atoms with Crippen molar-refractivity contribution in [2.75, 3.05) is 12.3 Å². The molecule has 1 heterocycles. The molecule has 1 aromatic rings. The van der Waals surface area contributed by atoms with Crippen molar-refractivity contribution in [2.24, 2.45) is 12.2 Å². The first-order chi connectivity index (χ1) is 7.79. The van der Waals surface area contributed by atoms with E-state index in [0.717, 1.165) is 0 Å². The highest BCUT2D eigenvalue weighted by atomic mass is 35.5. The van der Waals surface area contributed by atoms with Gasteiger partial charge in [-0.05, 0) is 12.5 Å². The van der Waals surface area contributed by atoms with Crippen molar-refractivity contribution >= 4 is 27.5 Å². The third kappa shape index (κ3) is 4.76. The lowest BCUT2D eigenvalue weighted by molar-refractivity contribution is 0.0945. The van der Waals surface area contributed by atoms with Crippen molar-refractivity contribution in [1.29, 1.82) is 0 Å². The van der Waals surface area contributed by atoms with E-state index in [9.17, 15) is 13.2 Å². The summed E-state index contributed by atoms with van der Waals surface area (Å²) in [6.45, 7) is 0.248. The molecule has 1 aromatic heterocycles. The topological polar surface area (TPSA) is 94.2 Å².